The van der Waals surface area contributed by atoms with E-state index >= 15 is 0 Å². The van der Waals surface area contributed by atoms with Crippen molar-refractivity contribution in [3.8, 4) is 0 Å². The lowest BCUT2D eigenvalue weighted by Crippen LogP contribution is -2.19. The van der Waals surface area contributed by atoms with Gasteiger partial charge in [-0.05, 0) is 5.31 Å². The number of nitrogens with one attached hydrogen (secondary N) is 1. The maximum atomic E-state index is 10.9. The van der Waals surface area contributed by atoms with Crippen molar-refractivity contribution in [3.63, 3.8) is 0 Å². The molecule has 1 amide bonds. The van der Waals surface area contributed by atoms with Crippen LogP contribution in [-0.4, -0.2) is 13.0 Å². The number of likely N-dealkylation sites (N-methyl/N-ethyl adjacent to an activating group) is 1. The van der Waals surface area contributed by atoms with Crippen LogP contribution in [0.3, 0.4) is 0 Å². The summed E-state index contributed by atoms with van der Waals surface area (Å²) >= 11 is 0. The Morgan fingerprint density at radius 1 is 1.70 bits per heavy atom. The molecule has 10 heavy (non-hydrogen) atoms. The number of carbonyl (C=O) groups is 1. The van der Waals surface area contributed by atoms with Crippen molar-refractivity contribution in [1.29, 1.82) is 0 Å². The van der Waals surface area contributed by atoms with Gasteiger partial charge in [0.25, 0.3) is 0 Å². The molecule has 1 rings (SSSR count). The van der Waals surface area contributed by atoms with Crippen molar-refractivity contribution in [2.24, 2.45) is 0 Å². The van der Waals surface area contributed by atoms with Crippen molar-refractivity contribution in [2.45, 2.75) is 6.42 Å². The van der Waals surface area contributed by atoms with Gasteiger partial charge in [-0.15, -0.1) is 9.24 Å². The van der Waals surface area contributed by atoms with Crippen LogP contribution in [0.2, 0.25) is 0 Å². The molecule has 0 spiro atoms. The Labute approximate surface area is 62.6 Å². The Morgan fingerprint density at radius 3 is 2.80 bits per heavy atom. The molecule has 0 aliphatic heterocycles. The Bertz CT molecular complexity index is 218. The van der Waals surface area contributed by atoms with Gasteiger partial charge in [-0.3, -0.25) is 4.79 Å². The van der Waals surface area contributed by atoms with E-state index in [-0.39, 0.29) is 5.91 Å². The first-order chi connectivity index (χ1) is 4.74. The van der Waals surface area contributed by atoms with E-state index in [9.17, 15) is 4.79 Å². The zero-order valence-electron chi connectivity index (χ0n) is 5.85. The smallest absolute Gasteiger partial charge is 0.247 e. The zero-order chi connectivity index (χ0) is 7.56. The summed E-state index contributed by atoms with van der Waals surface area (Å²) in [6.07, 6.45) is 4.56. The Hall–Kier alpha value is -0.620. The standard InChI is InChI=1S/C7H10NOP/c1-8-7(9)5-2-3-6(10)4-5/h2-3H,4,10H2,1H3,(H,8,9). The summed E-state index contributed by atoms with van der Waals surface area (Å²) in [5.41, 5.74) is 0.840. The van der Waals surface area contributed by atoms with E-state index in [0.717, 1.165) is 12.0 Å². The van der Waals surface area contributed by atoms with Gasteiger partial charge in [-0.1, -0.05) is 12.2 Å². The minimum atomic E-state index is 0.0219. The van der Waals surface area contributed by atoms with E-state index in [1.165, 1.54) is 5.31 Å². The minimum absolute atomic E-state index is 0.0219. The lowest BCUT2D eigenvalue weighted by atomic mass is 10.2. The first-order valence-corrected chi connectivity index (χ1v) is 3.69. The van der Waals surface area contributed by atoms with Crippen LogP contribution in [0.4, 0.5) is 0 Å². The molecule has 0 saturated heterocycles. The topological polar surface area (TPSA) is 29.1 Å². The first-order valence-electron chi connectivity index (χ1n) is 3.11. The lowest BCUT2D eigenvalue weighted by Gasteiger charge is -1.98. The van der Waals surface area contributed by atoms with Crippen molar-refractivity contribution in [1.82, 2.24) is 5.32 Å². The molecule has 0 heterocycles. The van der Waals surface area contributed by atoms with E-state index in [0.29, 0.717) is 0 Å². The molecule has 0 bridgehead atoms. The van der Waals surface area contributed by atoms with Crippen LogP contribution in [0.5, 0.6) is 0 Å². The molecule has 0 radical (unpaired) electrons. The summed E-state index contributed by atoms with van der Waals surface area (Å²) in [5.74, 6) is 0.0219. The molecule has 0 aromatic carbocycles. The predicted molar refractivity (Wildman–Crippen MR) is 44.6 cm³/mol. The molecule has 1 N–H and O–H groups in total. The van der Waals surface area contributed by atoms with Crippen molar-refractivity contribution < 1.29 is 4.79 Å². The fraction of sp³-hybridized carbons (Fsp3) is 0.286. The van der Waals surface area contributed by atoms with Crippen LogP contribution >= 0.6 is 9.24 Å². The second kappa shape index (κ2) is 2.98. The van der Waals surface area contributed by atoms with Crippen LogP contribution in [0.15, 0.2) is 23.0 Å². The summed E-state index contributed by atoms with van der Waals surface area (Å²) in [7, 11) is 4.23. The molecule has 0 aromatic rings. The van der Waals surface area contributed by atoms with Crippen LogP contribution in [0.25, 0.3) is 0 Å². The zero-order valence-corrected chi connectivity index (χ0v) is 7.00. The van der Waals surface area contributed by atoms with Crippen molar-refractivity contribution in [3.05, 3.63) is 23.0 Å². The fourth-order valence-electron chi connectivity index (χ4n) is 0.862. The third-order valence-electron chi connectivity index (χ3n) is 1.41. The maximum Gasteiger partial charge on any atom is 0.247 e. The van der Waals surface area contributed by atoms with Crippen molar-refractivity contribution in [2.75, 3.05) is 7.05 Å². The van der Waals surface area contributed by atoms with Crippen LogP contribution in [-0.2, 0) is 4.79 Å². The molecule has 2 nitrogen and oxygen atoms in total. The van der Waals surface area contributed by atoms with Gasteiger partial charge in [-0.25, -0.2) is 0 Å². The van der Waals surface area contributed by atoms with Crippen LogP contribution in [0, 0.1) is 0 Å². The van der Waals surface area contributed by atoms with Gasteiger partial charge in [0.1, 0.15) is 0 Å². The van der Waals surface area contributed by atoms with Gasteiger partial charge in [0.05, 0.1) is 0 Å². The lowest BCUT2D eigenvalue weighted by molar-refractivity contribution is -0.117. The highest BCUT2D eigenvalue weighted by Gasteiger charge is 2.10. The number of hydrogen-bond acceptors (Lipinski definition) is 1. The van der Waals surface area contributed by atoms with Crippen LogP contribution in [0.1, 0.15) is 6.42 Å². The largest absolute Gasteiger partial charge is 0.355 e. The number of carbonyl (C=O) groups excluding carboxylic acids is 1. The highest BCUT2D eigenvalue weighted by atomic mass is 31.0. The number of amides is 1. The first kappa shape index (κ1) is 7.49. The molecule has 1 atom stereocenters. The van der Waals surface area contributed by atoms with E-state index in [2.05, 4.69) is 14.6 Å². The SMILES string of the molecule is CNC(=O)C1=CC=C(P)C1. The fourth-order valence-corrected chi connectivity index (χ4v) is 1.18. The molecule has 1 aliphatic carbocycles. The second-order valence-electron chi connectivity index (χ2n) is 2.19. The highest BCUT2D eigenvalue weighted by Crippen LogP contribution is 2.23. The molecule has 0 saturated carbocycles. The third kappa shape index (κ3) is 1.45. The van der Waals surface area contributed by atoms with Gasteiger partial charge >= 0.3 is 0 Å². The molecular formula is C7H10NOP. The van der Waals surface area contributed by atoms with E-state index in [1.807, 2.05) is 12.2 Å². The Kier molecular flexibility index (Phi) is 2.23. The van der Waals surface area contributed by atoms with E-state index < -0.39 is 0 Å². The molecule has 1 aliphatic rings. The molecule has 0 fully saturated rings. The number of hydrogen-bond donors (Lipinski definition) is 1. The molecular weight excluding hydrogens is 145 g/mol. The summed E-state index contributed by atoms with van der Waals surface area (Å²) in [6, 6.07) is 0. The molecule has 3 heteroatoms. The molecule has 54 valence electrons. The average Bonchev–Trinajstić information content (AvgIpc) is 2.34. The maximum absolute atomic E-state index is 10.9. The summed E-state index contributed by atoms with van der Waals surface area (Å²) in [5, 5.41) is 3.74. The predicted octanol–water partition coefficient (Wildman–Crippen LogP) is 0.821. The van der Waals surface area contributed by atoms with Gasteiger partial charge in [0, 0.05) is 19.0 Å². The van der Waals surface area contributed by atoms with Gasteiger partial charge in [0.2, 0.25) is 5.91 Å². The number of allylic oxidation sites excluding steroid dienone is 3. The monoisotopic (exact) mass is 155 g/mol. The highest BCUT2D eigenvalue weighted by molar-refractivity contribution is 7.22. The van der Waals surface area contributed by atoms with E-state index in [4.69, 9.17) is 0 Å². The third-order valence-corrected chi connectivity index (χ3v) is 1.81. The van der Waals surface area contributed by atoms with Gasteiger partial charge in [0.15, 0.2) is 0 Å². The average molecular weight is 155 g/mol. The molecule has 1 unspecified atom stereocenters. The normalized spacial score (nSPS) is 16.2. The Balaban J connectivity index is 2.57. The summed E-state index contributed by atoms with van der Waals surface area (Å²) in [6.45, 7) is 0. The number of rotatable bonds is 1. The van der Waals surface area contributed by atoms with E-state index in [1.54, 1.807) is 7.05 Å². The van der Waals surface area contributed by atoms with Crippen LogP contribution < -0.4 is 5.32 Å². The summed E-state index contributed by atoms with van der Waals surface area (Å²) in [4.78, 5) is 10.9. The van der Waals surface area contributed by atoms with Crippen molar-refractivity contribution >= 4 is 15.1 Å². The van der Waals surface area contributed by atoms with Gasteiger partial charge < -0.3 is 5.32 Å². The minimum Gasteiger partial charge on any atom is -0.355 e. The Morgan fingerprint density at radius 2 is 2.40 bits per heavy atom. The second-order valence-corrected chi connectivity index (χ2v) is 2.93. The van der Waals surface area contributed by atoms with Gasteiger partial charge in [-0.2, -0.15) is 0 Å². The summed E-state index contributed by atoms with van der Waals surface area (Å²) < 4.78 is 0. The quantitative estimate of drug-likeness (QED) is 0.558. The molecule has 0 aromatic heterocycles.